The molecule has 2 rings (SSSR count). The summed E-state index contributed by atoms with van der Waals surface area (Å²) in [6, 6.07) is 15.4. The van der Waals surface area contributed by atoms with Crippen LogP contribution in [0.4, 0.5) is 5.69 Å². The van der Waals surface area contributed by atoms with Crippen LogP contribution in [0.25, 0.3) is 0 Å². The molecule has 0 aliphatic heterocycles. The first-order chi connectivity index (χ1) is 13.7. The van der Waals surface area contributed by atoms with Gasteiger partial charge in [-0.25, -0.2) is 13.2 Å². The summed E-state index contributed by atoms with van der Waals surface area (Å²) in [7, 11) is -3.56. The van der Waals surface area contributed by atoms with E-state index in [2.05, 4.69) is 23.9 Å². The van der Waals surface area contributed by atoms with Crippen molar-refractivity contribution in [3.05, 3.63) is 65.7 Å². The van der Waals surface area contributed by atoms with E-state index in [1.807, 2.05) is 30.3 Å². The lowest BCUT2D eigenvalue weighted by Gasteiger charge is -2.21. The number of benzene rings is 2. The summed E-state index contributed by atoms with van der Waals surface area (Å²) < 4.78 is 30.3. The van der Waals surface area contributed by atoms with Crippen molar-refractivity contribution in [1.82, 2.24) is 5.32 Å². The third-order valence-electron chi connectivity index (χ3n) is 4.02. The van der Waals surface area contributed by atoms with E-state index in [4.69, 9.17) is 4.74 Å². The van der Waals surface area contributed by atoms with E-state index in [-0.39, 0.29) is 17.3 Å². The molecule has 0 saturated heterocycles. The molecule has 29 heavy (non-hydrogen) atoms. The molecule has 2 N–H and O–H groups in total. The van der Waals surface area contributed by atoms with Gasteiger partial charge in [-0.05, 0) is 30.0 Å². The molecule has 0 aliphatic carbocycles. The highest BCUT2D eigenvalue weighted by Gasteiger charge is 2.19. The number of carbonyl (C=O) groups excluding carboxylic acids is 2. The standard InChI is InChI=1S/C21H26N2O5S/c1-15(2)13-19(16-9-5-4-6-10-16)22-20(24)14-28-21(25)17-11-7-8-12-18(17)23-29(3,26)27/h4-12,15,19,23H,13-14H2,1-3H3,(H,22,24)/t19-/m1/s1. The smallest absolute Gasteiger partial charge is 0.340 e. The van der Waals surface area contributed by atoms with Crippen LogP contribution in [-0.4, -0.2) is 33.2 Å². The summed E-state index contributed by atoms with van der Waals surface area (Å²) in [6.45, 7) is 3.66. The van der Waals surface area contributed by atoms with E-state index in [1.165, 1.54) is 12.1 Å². The van der Waals surface area contributed by atoms with Crippen molar-refractivity contribution in [2.75, 3.05) is 17.6 Å². The summed E-state index contributed by atoms with van der Waals surface area (Å²) in [6.07, 6.45) is 1.73. The van der Waals surface area contributed by atoms with Crippen LogP contribution in [0, 0.1) is 5.92 Å². The minimum absolute atomic E-state index is 0.0347. The summed E-state index contributed by atoms with van der Waals surface area (Å²) >= 11 is 0. The Morgan fingerprint density at radius 1 is 1.00 bits per heavy atom. The maximum absolute atomic E-state index is 12.4. The first-order valence-electron chi connectivity index (χ1n) is 9.24. The number of ether oxygens (including phenoxy) is 1. The fourth-order valence-electron chi connectivity index (χ4n) is 2.83. The number of nitrogens with one attached hydrogen (secondary N) is 2. The minimum Gasteiger partial charge on any atom is -0.452 e. The van der Waals surface area contributed by atoms with Gasteiger partial charge in [0.1, 0.15) is 0 Å². The lowest BCUT2D eigenvalue weighted by Crippen LogP contribution is -2.33. The van der Waals surface area contributed by atoms with Crippen molar-refractivity contribution in [3.8, 4) is 0 Å². The molecule has 7 nitrogen and oxygen atoms in total. The van der Waals surface area contributed by atoms with Gasteiger partial charge in [0.2, 0.25) is 10.0 Å². The van der Waals surface area contributed by atoms with E-state index < -0.39 is 28.5 Å². The summed E-state index contributed by atoms with van der Waals surface area (Å²) in [5.74, 6) is -0.856. The first-order valence-corrected chi connectivity index (χ1v) is 11.1. The van der Waals surface area contributed by atoms with Gasteiger partial charge in [0.25, 0.3) is 5.91 Å². The molecule has 0 aliphatic rings. The molecule has 0 radical (unpaired) electrons. The Kier molecular flexibility index (Phi) is 7.78. The fourth-order valence-corrected chi connectivity index (χ4v) is 3.41. The molecule has 0 unspecified atom stereocenters. The number of rotatable bonds is 9. The predicted molar refractivity (Wildman–Crippen MR) is 112 cm³/mol. The average Bonchev–Trinajstić information content (AvgIpc) is 2.65. The van der Waals surface area contributed by atoms with Gasteiger partial charge >= 0.3 is 5.97 Å². The van der Waals surface area contributed by atoms with Crippen molar-refractivity contribution in [3.63, 3.8) is 0 Å². The van der Waals surface area contributed by atoms with Crippen LogP contribution in [0.3, 0.4) is 0 Å². The molecule has 0 spiro atoms. The highest BCUT2D eigenvalue weighted by atomic mass is 32.2. The minimum atomic E-state index is -3.56. The van der Waals surface area contributed by atoms with Crippen LogP contribution in [0.2, 0.25) is 0 Å². The van der Waals surface area contributed by atoms with Gasteiger partial charge in [-0.3, -0.25) is 9.52 Å². The number of hydrogen-bond donors (Lipinski definition) is 2. The molecule has 0 heterocycles. The molecule has 0 saturated carbocycles. The van der Waals surface area contributed by atoms with Crippen molar-refractivity contribution in [2.45, 2.75) is 26.3 Å². The molecule has 0 aromatic heterocycles. The lowest BCUT2D eigenvalue weighted by atomic mass is 9.97. The van der Waals surface area contributed by atoms with E-state index in [1.54, 1.807) is 12.1 Å². The zero-order valence-electron chi connectivity index (χ0n) is 16.7. The van der Waals surface area contributed by atoms with Crippen LogP contribution >= 0.6 is 0 Å². The second-order valence-electron chi connectivity index (χ2n) is 7.16. The van der Waals surface area contributed by atoms with Crippen LogP contribution in [-0.2, 0) is 19.6 Å². The number of para-hydroxylation sites is 1. The molecule has 8 heteroatoms. The monoisotopic (exact) mass is 418 g/mol. The second kappa shape index (κ2) is 10.1. The topological polar surface area (TPSA) is 102 Å². The second-order valence-corrected chi connectivity index (χ2v) is 8.90. The molecule has 1 atom stereocenters. The van der Waals surface area contributed by atoms with Crippen molar-refractivity contribution >= 4 is 27.6 Å². The van der Waals surface area contributed by atoms with Gasteiger partial charge < -0.3 is 10.1 Å². The van der Waals surface area contributed by atoms with Crippen molar-refractivity contribution in [2.24, 2.45) is 5.92 Å². The first kappa shape index (κ1) is 22.4. The van der Waals surface area contributed by atoms with Crippen LogP contribution in [0.15, 0.2) is 54.6 Å². The third kappa shape index (κ3) is 7.57. The highest BCUT2D eigenvalue weighted by molar-refractivity contribution is 7.92. The number of amides is 1. The largest absolute Gasteiger partial charge is 0.452 e. The average molecular weight is 419 g/mol. The van der Waals surface area contributed by atoms with Crippen molar-refractivity contribution < 1.29 is 22.7 Å². The molecule has 156 valence electrons. The molecule has 2 aromatic rings. The van der Waals surface area contributed by atoms with Crippen LogP contribution in [0.5, 0.6) is 0 Å². The van der Waals surface area contributed by atoms with Gasteiger partial charge in [-0.2, -0.15) is 0 Å². The SMILES string of the molecule is CC(C)C[C@@H](NC(=O)COC(=O)c1ccccc1NS(C)(=O)=O)c1ccccc1. The maximum Gasteiger partial charge on any atom is 0.340 e. The summed E-state index contributed by atoms with van der Waals surface area (Å²) in [5.41, 5.74) is 1.11. The number of carbonyl (C=O) groups is 2. The number of hydrogen-bond acceptors (Lipinski definition) is 5. The Balaban J connectivity index is 2.02. The van der Waals surface area contributed by atoms with Crippen LogP contribution < -0.4 is 10.0 Å². The summed E-state index contributed by atoms with van der Waals surface area (Å²) in [5, 5.41) is 2.90. The predicted octanol–water partition coefficient (Wildman–Crippen LogP) is 3.12. The summed E-state index contributed by atoms with van der Waals surface area (Å²) in [4.78, 5) is 24.7. The van der Waals surface area contributed by atoms with E-state index in [0.717, 1.165) is 18.2 Å². The Hall–Kier alpha value is -2.87. The quantitative estimate of drug-likeness (QED) is 0.609. The van der Waals surface area contributed by atoms with E-state index >= 15 is 0 Å². The number of sulfonamides is 1. The van der Waals surface area contributed by atoms with Gasteiger partial charge in [0.15, 0.2) is 6.61 Å². The zero-order valence-corrected chi connectivity index (χ0v) is 17.5. The fraction of sp³-hybridized carbons (Fsp3) is 0.333. The number of anilines is 1. The zero-order chi connectivity index (χ0) is 21.4. The molecular weight excluding hydrogens is 392 g/mol. The third-order valence-corrected chi connectivity index (χ3v) is 4.61. The van der Waals surface area contributed by atoms with E-state index in [0.29, 0.717) is 5.92 Å². The van der Waals surface area contributed by atoms with Crippen molar-refractivity contribution in [1.29, 1.82) is 0 Å². The molecule has 1 amide bonds. The molecular formula is C21H26N2O5S. The Morgan fingerprint density at radius 3 is 2.24 bits per heavy atom. The van der Waals surface area contributed by atoms with Crippen LogP contribution in [0.1, 0.15) is 42.2 Å². The molecule has 0 fully saturated rings. The van der Waals surface area contributed by atoms with Gasteiger partial charge in [0.05, 0.1) is 23.5 Å². The van der Waals surface area contributed by atoms with Gasteiger partial charge in [0, 0.05) is 0 Å². The maximum atomic E-state index is 12.4. The Morgan fingerprint density at radius 2 is 1.62 bits per heavy atom. The van der Waals surface area contributed by atoms with Gasteiger partial charge in [-0.15, -0.1) is 0 Å². The molecule has 2 aromatic carbocycles. The highest BCUT2D eigenvalue weighted by Crippen LogP contribution is 2.21. The lowest BCUT2D eigenvalue weighted by molar-refractivity contribution is -0.125. The molecule has 0 bridgehead atoms. The van der Waals surface area contributed by atoms with Gasteiger partial charge in [-0.1, -0.05) is 56.3 Å². The normalized spacial score (nSPS) is 12.3. The van der Waals surface area contributed by atoms with E-state index in [9.17, 15) is 18.0 Å². The Bertz CT molecular complexity index is 943. The Labute approximate surface area is 171 Å². The number of esters is 1.